The first-order valence-electron chi connectivity index (χ1n) is 5.42. The van der Waals surface area contributed by atoms with Gasteiger partial charge in [-0.05, 0) is 25.5 Å². The Morgan fingerprint density at radius 3 is 2.94 bits per heavy atom. The first-order chi connectivity index (χ1) is 8.11. The van der Waals surface area contributed by atoms with E-state index in [1.807, 2.05) is 25.3 Å². The van der Waals surface area contributed by atoms with Gasteiger partial charge in [0.25, 0.3) is 0 Å². The van der Waals surface area contributed by atoms with E-state index in [0.29, 0.717) is 5.95 Å². The lowest BCUT2D eigenvalue weighted by atomic mass is 10.3. The summed E-state index contributed by atoms with van der Waals surface area (Å²) in [6, 6.07) is 3.51. The zero-order chi connectivity index (χ0) is 12.4. The van der Waals surface area contributed by atoms with Crippen LogP contribution in [0.4, 0.5) is 5.95 Å². The fourth-order valence-electron chi connectivity index (χ4n) is 1.58. The molecule has 2 aromatic rings. The van der Waals surface area contributed by atoms with Crippen LogP contribution in [-0.4, -0.2) is 33.6 Å². The van der Waals surface area contributed by atoms with Crippen molar-refractivity contribution in [2.75, 3.05) is 12.4 Å². The molecule has 2 N–H and O–H groups in total. The molecule has 0 aliphatic heterocycles. The van der Waals surface area contributed by atoms with Crippen molar-refractivity contribution in [1.29, 1.82) is 0 Å². The lowest BCUT2D eigenvalue weighted by molar-refractivity contribution is -0.121. The highest BCUT2D eigenvalue weighted by molar-refractivity contribution is 5.83. The molecule has 1 atom stereocenters. The Hall–Kier alpha value is -2.11. The van der Waals surface area contributed by atoms with Crippen LogP contribution < -0.4 is 10.6 Å². The first kappa shape index (κ1) is 11.4. The number of hydrogen-bond acceptors (Lipinski definition) is 4. The van der Waals surface area contributed by atoms with E-state index >= 15 is 0 Å². The fraction of sp³-hybridized carbons (Fsp3) is 0.364. The largest absolute Gasteiger partial charge is 0.357 e. The van der Waals surface area contributed by atoms with Crippen molar-refractivity contribution in [1.82, 2.24) is 19.9 Å². The Balaban J connectivity index is 2.26. The molecule has 0 radical (unpaired) electrons. The SMILES string of the molecule is CNC(=O)C(C)Nc1nc2c(C)cccn2n1. The molecule has 0 saturated heterocycles. The molecule has 0 aliphatic rings. The van der Waals surface area contributed by atoms with E-state index in [0.717, 1.165) is 11.2 Å². The Bertz CT molecular complexity index is 548. The summed E-state index contributed by atoms with van der Waals surface area (Å²) >= 11 is 0. The normalized spacial score (nSPS) is 12.4. The van der Waals surface area contributed by atoms with Crippen molar-refractivity contribution < 1.29 is 4.79 Å². The van der Waals surface area contributed by atoms with Crippen LogP contribution in [-0.2, 0) is 4.79 Å². The number of carbonyl (C=O) groups excluding carboxylic acids is 1. The minimum atomic E-state index is -0.363. The van der Waals surface area contributed by atoms with Crippen molar-refractivity contribution in [3.8, 4) is 0 Å². The van der Waals surface area contributed by atoms with Crippen LogP contribution in [0.15, 0.2) is 18.3 Å². The zero-order valence-electron chi connectivity index (χ0n) is 10.1. The van der Waals surface area contributed by atoms with Gasteiger partial charge in [0, 0.05) is 13.2 Å². The molecule has 0 bridgehead atoms. The number of amides is 1. The molecule has 2 aromatic heterocycles. The minimum Gasteiger partial charge on any atom is -0.357 e. The third-order valence-electron chi connectivity index (χ3n) is 2.54. The van der Waals surface area contributed by atoms with Gasteiger partial charge in [-0.15, -0.1) is 5.10 Å². The van der Waals surface area contributed by atoms with Gasteiger partial charge in [-0.3, -0.25) is 4.79 Å². The van der Waals surface area contributed by atoms with Crippen molar-refractivity contribution in [3.05, 3.63) is 23.9 Å². The molecular weight excluding hydrogens is 218 g/mol. The molecule has 1 unspecified atom stereocenters. The van der Waals surface area contributed by atoms with Gasteiger partial charge in [0.05, 0.1) is 0 Å². The van der Waals surface area contributed by atoms with Crippen molar-refractivity contribution in [3.63, 3.8) is 0 Å². The number of carbonyl (C=O) groups is 1. The van der Waals surface area contributed by atoms with Crippen LogP contribution in [0.1, 0.15) is 12.5 Å². The van der Waals surface area contributed by atoms with Gasteiger partial charge >= 0.3 is 0 Å². The smallest absolute Gasteiger partial charge is 0.243 e. The number of nitrogens with one attached hydrogen (secondary N) is 2. The van der Waals surface area contributed by atoms with Gasteiger partial charge in [0.15, 0.2) is 5.65 Å². The van der Waals surface area contributed by atoms with Crippen LogP contribution >= 0.6 is 0 Å². The lowest BCUT2D eigenvalue weighted by Gasteiger charge is -2.09. The second-order valence-electron chi connectivity index (χ2n) is 3.88. The number of hydrogen-bond donors (Lipinski definition) is 2. The number of aryl methyl sites for hydroxylation is 1. The lowest BCUT2D eigenvalue weighted by Crippen LogP contribution is -2.35. The summed E-state index contributed by atoms with van der Waals surface area (Å²) in [6.07, 6.45) is 1.82. The second kappa shape index (κ2) is 4.40. The molecule has 0 aliphatic carbocycles. The average Bonchev–Trinajstić information content (AvgIpc) is 2.72. The van der Waals surface area contributed by atoms with Crippen LogP contribution in [0.5, 0.6) is 0 Å². The first-order valence-corrected chi connectivity index (χ1v) is 5.42. The highest BCUT2D eigenvalue weighted by atomic mass is 16.2. The maximum absolute atomic E-state index is 11.4. The molecule has 90 valence electrons. The van der Waals surface area contributed by atoms with Gasteiger partial charge in [-0.1, -0.05) is 6.07 Å². The molecule has 6 heteroatoms. The predicted octanol–water partition coefficient (Wildman–Crippen LogP) is 0.584. The molecule has 17 heavy (non-hydrogen) atoms. The van der Waals surface area contributed by atoms with Gasteiger partial charge in [0.2, 0.25) is 11.9 Å². The van der Waals surface area contributed by atoms with E-state index in [-0.39, 0.29) is 11.9 Å². The summed E-state index contributed by atoms with van der Waals surface area (Å²) in [5, 5.41) is 9.77. The molecule has 2 heterocycles. The Kier molecular flexibility index (Phi) is 2.95. The van der Waals surface area contributed by atoms with E-state index in [9.17, 15) is 4.79 Å². The minimum absolute atomic E-state index is 0.0967. The van der Waals surface area contributed by atoms with Crippen molar-refractivity contribution >= 4 is 17.5 Å². The van der Waals surface area contributed by atoms with Crippen LogP contribution in [0.25, 0.3) is 5.65 Å². The summed E-state index contributed by atoms with van der Waals surface area (Å²) in [4.78, 5) is 15.7. The van der Waals surface area contributed by atoms with E-state index in [1.165, 1.54) is 0 Å². The predicted molar refractivity (Wildman–Crippen MR) is 64.9 cm³/mol. The topological polar surface area (TPSA) is 71.3 Å². The molecule has 0 saturated carbocycles. The summed E-state index contributed by atoms with van der Waals surface area (Å²) in [5.74, 6) is 0.357. The van der Waals surface area contributed by atoms with Gasteiger partial charge in [-0.25, -0.2) is 4.52 Å². The maximum Gasteiger partial charge on any atom is 0.243 e. The van der Waals surface area contributed by atoms with E-state index in [2.05, 4.69) is 20.7 Å². The number of likely N-dealkylation sites (N-methyl/N-ethyl adjacent to an activating group) is 1. The third kappa shape index (κ3) is 2.20. The van der Waals surface area contributed by atoms with E-state index in [4.69, 9.17) is 0 Å². The van der Waals surface area contributed by atoms with Gasteiger partial charge in [-0.2, -0.15) is 4.98 Å². The van der Waals surface area contributed by atoms with Crippen LogP contribution in [0, 0.1) is 6.92 Å². The van der Waals surface area contributed by atoms with Gasteiger partial charge < -0.3 is 10.6 Å². The summed E-state index contributed by atoms with van der Waals surface area (Å²) in [5.41, 5.74) is 1.83. The highest BCUT2D eigenvalue weighted by Gasteiger charge is 2.13. The molecule has 0 spiro atoms. The molecule has 1 amide bonds. The summed E-state index contributed by atoms with van der Waals surface area (Å²) in [6.45, 7) is 3.73. The number of rotatable bonds is 3. The molecule has 2 rings (SSSR count). The average molecular weight is 233 g/mol. The fourth-order valence-corrected chi connectivity index (χ4v) is 1.58. The standard InChI is InChI=1S/C11H15N5O/c1-7-5-4-6-16-9(7)14-11(15-16)13-8(2)10(17)12-3/h4-6,8H,1-3H3,(H,12,17)(H,13,15). The van der Waals surface area contributed by atoms with E-state index in [1.54, 1.807) is 18.5 Å². The molecular formula is C11H15N5O. The summed E-state index contributed by atoms with van der Waals surface area (Å²) < 4.78 is 1.69. The Labute approximate surface area is 99.0 Å². The quantitative estimate of drug-likeness (QED) is 0.813. The Morgan fingerprint density at radius 2 is 2.29 bits per heavy atom. The maximum atomic E-state index is 11.4. The highest BCUT2D eigenvalue weighted by Crippen LogP contribution is 2.10. The van der Waals surface area contributed by atoms with Crippen molar-refractivity contribution in [2.45, 2.75) is 19.9 Å². The zero-order valence-corrected chi connectivity index (χ0v) is 10.1. The molecule has 0 aromatic carbocycles. The van der Waals surface area contributed by atoms with Crippen LogP contribution in [0.2, 0.25) is 0 Å². The second-order valence-corrected chi connectivity index (χ2v) is 3.88. The third-order valence-corrected chi connectivity index (χ3v) is 2.54. The number of anilines is 1. The number of fused-ring (bicyclic) bond motifs is 1. The Morgan fingerprint density at radius 1 is 1.53 bits per heavy atom. The van der Waals surface area contributed by atoms with E-state index < -0.39 is 0 Å². The number of pyridine rings is 1. The number of aromatic nitrogens is 3. The molecule has 0 fully saturated rings. The summed E-state index contributed by atoms with van der Waals surface area (Å²) in [7, 11) is 1.60. The van der Waals surface area contributed by atoms with Crippen molar-refractivity contribution in [2.24, 2.45) is 0 Å². The van der Waals surface area contributed by atoms with Gasteiger partial charge in [0.1, 0.15) is 6.04 Å². The molecule has 6 nitrogen and oxygen atoms in total. The monoisotopic (exact) mass is 233 g/mol. The number of nitrogens with zero attached hydrogens (tertiary/aromatic N) is 3. The van der Waals surface area contributed by atoms with Crippen LogP contribution in [0.3, 0.4) is 0 Å².